The summed E-state index contributed by atoms with van der Waals surface area (Å²) in [6, 6.07) is 14.3. The van der Waals surface area contributed by atoms with Crippen molar-refractivity contribution in [2.75, 3.05) is 0 Å². The maximum absolute atomic E-state index is 4.00. The molecular formula is C13H13N+. The zero-order valence-corrected chi connectivity index (χ0v) is 8.06. The lowest BCUT2D eigenvalue weighted by Crippen LogP contribution is -2.33. The van der Waals surface area contributed by atoms with E-state index in [4.69, 9.17) is 0 Å². The van der Waals surface area contributed by atoms with Gasteiger partial charge in [-0.2, -0.15) is 0 Å². The Balaban J connectivity index is 2.24. The number of rotatable bonds is 2. The Morgan fingerprint density at radius 3 is 2.36 bits per heavy atom. The zero-order valence-electron chi connectivity index (χ0n) is 8.06. The average Bonchev–Trinajstić information content (AvgIpc) is 2.23. The molecule has 0 spiro atoms. The van der Waals surface area contributed by atoms with Gasteiger partial charge < -0.3 is 0 Å². The van der Waals surface area contributed by atoms with Crippen LogP contribution in [-0.4, -0.2) is 0 Å². The average molecular weight is 183 g/mol. The molecule has 1 heteroatoms. The molecule has 1 aromatic heterocycles. The molecule has 1 aromatic carbocycles. The van der Waals surface area contributed by atoms with Crippen LogP contribution in [0.5, 0.6) is 0 Å². The number of aromatic nitrogens is 1. The normalized spacial score (nSPS) is 10.1. The van der Waals surface area contributed by atoms with Crippen molar-refractivity contribution in [2.45, 2.75) is 6.54 Å². The zero-order chi connectivity index (χ0) is 9.80. The number of benzene rings is 1. The van der Waals surface area contributed by atoms with Crippen molar-refractivity contribution in [3.05, 3.63) is 72.9 Å². The van der Waals surface area contributed by atoms with Crippen LogP contribution in [0.2, 0.25) is 0 Å². The Hall–Kier alpha value is -1.63. The second-order valence-electron chi connectivity index (χ2n) is 3.32. The Labute approximate surface area is 84.6 Å². The van der Waals surface area contributed by atoms with Gasteiger partial charge in [-0.3, -0.25) is 0 Å². The fourth-order valence-electron chi connectivity index (χ4n) is 1.45. The molecule has 2 rings (SSSR count). The van der Waals surface area contributed by atoms with E-state index in [1.807, 2.05) is 36.4 Å². The van der Waals surface area contributed by atoms with Gasteiger partial charge in [0.05, 0.1) is 0 Å². The highest BCUT2D eigenvalue weighted by atomic mass is 14.9. The van der Waals surface area contributed by atoms with Gasteiger partial charge in [-0.05, 0) is 12.5 Å². The summed E-state index contributed by atoms with van der Waals surface area (Å²) in [6.07, 6.45) is 4.12. The summed E-state index contributed by atoms with van der Waals surface area (Å²) in [5, 5.41) is 0. The predicted octanol–water partition coefficient (Wildman–Crippen LogP) is 2.20. The van der Waals surface area contributed by atoms with Crippen LogP contribution in [0.1, 0.15) is 11.1 Å². The van der Waals surface area contributed by atoms with E-state index >= 15 is 0 Å². The third-order valence-electron chi connectivity index (χ3n) is 2.25. The van der Waals surface area contributed by atoms with Crippen LogP contribution in [0.25, 0.3) is 0 Å². The lowest BCUT2D eigenvalue weighted by atomic mass is 10.1. The minimum Gasteiger partial charge on any atom is -0.201 e. The summed E-state index contributed by atoms with van der Waals surface area (Å²) in [6.45, 7) is 4.89. The molecule has 1 heterocycles. The van der Waals surface area contributed by atoms with Gasteiger partial charge >= 0.3 is 0 Å². The fraction of sp³-hybridized carbons (Fsp3) is 0.0769. The molecule has 1 radical (unpaired) electrons. The smallest absolute Gasteiger partial charge is 0.174 e. The van der Waals surface area contributed by atoms with Gasteiger partial charge in [-0.1, -0.05) is 30.3 Å². The second kappa shape index (κ2) is 4.05. The Morgan fingerprint density at radius 1 is 0.929 bits per heavy atom. The molecule has 0 fully saturated rings. The summed E-state index contributed by atoms with van der Waals surface area (Å²) in [4.78, 5) is 0. The van der Waals surface area contributed by atoms with E-state index < -0.39 is 0 Å². The maximum atomic E-state index is 4.00. The number of hydrogen-bond donors (Lipinski definition) is 0. The lowest BCUT2D eigenvalue weighted by molar-refractivity contribution is -0.688. The summed E-state index contributed by atoms with van der Waals surface area (Å²) >= 11 is 0. The van der Waals surface area contributed by atoms with E-state index in [-0.39, 0.29) is 0 Å². The molecule has 0 aliphatic carbocycles. The molecule has 14 heavy (non-hydrogen) atoms. The van der Waals surface area contributed by atoms with Crippen LogP contribution in [0.4, 0.5) is 0 Å². The third-order valence-corrected chi connectivity index (χ3v) is 2.25. The topological polar surface area (TPSA) is 3.88 Å². The standard InChI is InChI=1S/C13H13N/c1-12-7-3-4-8-13(12)11-14-9-5-2-6-10-14/h2-10H,1,11H2/q+1. The molecule has 1 nitrogen and oxygen atoms in total. The third kappa shape index (κ3) is 1.99. The molecule has 0 saturated carbocycles. The van der Waals surface area contributed by atoms with E-state index in [2.05, 4.69) is 30.0 Å². The summed E-state index contributed by atoms with van der Waals surface area (Å²) in [5.74, 6) is 0. The molecule has 0 N–H and O–H groups in total. The molecule has 0 aliphatic heterocycles. The van der Waals surface area contributed by atoms with E-state index in [9.17, 15) is 0 Å². The maximum Gasteiger partial charge on any atom is 0.174 e. The Morgan fingerprint density at radius 2 is 1.64 bits per heavy atom. The molecule has 0 amide bonds. The minimum atomic E-state index is 0.889. The fourth-order valence-corrected chi connectivity index (χ4v) is 1.45. The van der Waals surface area contributed by atoms with Crippen molar-refractivity contribution in [3.8, 4) is 0 Å². The highest BCUT2D eigenvalue weighted by Crippen LogP contribution is 2.05. The van der Waals surface area contributed by atoms with Crippen molar-refractivity contribution < 1.29 is 4.57 Å². The van der Waals surface area contributed by atoms with Crippen molar-refractivity contribution in [1.29, 1.82) is 0 Å². The largest absolute Gasteiger partial charge is 0.201 e. The number of nitrogens with zero attached hydrogens (tertiary/aromatic N) is 1. The van der Waals surface area contributed by atoms with Gasteiger partial charge in [0.15, 0.2) is 18.9 Å². The van der Waals surface area contributed by atoms with Crippen LogP contribution in [0.15, 0.2) is 54.9 Å². The molecule has 0 unspecified atom stereocenters. The molecular weight excluding hydrogens is 170 g/mol. The van der Waals surface area contributed by atoms with Crippen LogP contribution >= 0.6 is 0 Å². The van der Waals surface area contributed by atoms with Crippen LogP contribution in [0, 0.1) is 6.92 Å². The van der Waals surface area contributed by atoms with Gasteiger partial charge in [0, 0.05) is 17.7 Å². The number of pyridine rings is 1. The lowest BCUT2D eigenvalue weighted by Gasteiger charge is -2.00. The van der Waals surface area contributed by atoms with E-state index in [1.165, 1.54) is 5.56 Å². The molecule has 2 aromatic rings. The van der Waals surface area contributed by atoms with Gasteiger partial charge in [0.2, 0.25) is 0 Å². The van der Waals surface area contributed by atoms with E-state index in [0.717, 1.165) is 12.1 Å². The Kier molecular flexibility index (Phi) is 2.59. The van der Waals surface area contributed by atoms with Gasteiger partial charge in [0.25, 0.3) is 0 Å². The summed E-state index contributed by atoms with van der Waals surface area (Å²) < 4.78 is 2.14. The van der Waals surface area contributed by atoms with Crippen molar-refractivity contribution in [3.63, 3.8) is 0 Å². The first-order chi connectivity index (χ1) is 6.86. The minimum absolute atomic E-state index is 0.889. The molecule has 0 atom stereocenters. The van der Waals surface area contributed by atoms with Crippen molar-refractivity contribution >= 4 is 0 Å². The highest BCUT2D eigenvalue weighted by molar-refractivity contribution is 5.28. The first-order valence-corrected chi connectivity index (χ1v) is 4.70. The molecule has 69 valence electrons. The van der Waals surface area contributed by atoms with Crippen LogP contribution < -0.4 is 4.57 Å². The summed E-state index contributed by atoms with van der Waals surface area (Å²) in [7, 11) is 0. The highest BCUT2D eigenvalue weighted by Gasteiger charge is 2.02. The van der Waals surface area contributed by atoms with Gasteiger partial charge in [-0.15, -0.1) is 0 Å². The number of hydrogen-bond acceptors (Lipinski definition) is 0. The predicted molar refractivity (Wildman–Crippen MR) is 56.6 cm³/mol. The van der Waals surface area contributed by atoms with E-state index in [0.29, 0.717) is 0 Å². The second-order valence-corrected chi connectivity index (χ2v) is 3.32. The SMILES string of the molecule is [CH2]c1ccccc1C[n+]1ccccc1. The first kappa shape index (κ1) is 8.95. The van der Waals surface area contributed by atoms with Crippen molar-refractivity contribution in [1.82, 2.24) is 0 Å². The molecule has 0 aliphatic rings. The first-order valence-electron chi connectivity index (χ1n) is 4.70. The van der Waals surface area contributed by atoms with Gasteiger partial charge in [0.1, 0.15) is 0 Å². The molecule has 0 saturated heterocycles. The van der Waals surface area contributed by atoms with Gasteiger partial charge in [-0.25, -0.2) is 4.57 Å². The van der Waals surface area contributed by atoms with E-state index in [1.54, 1.807) is 0 Å². The quantitative estimate of drug-likeness (QED) is 0.628. The monoisotopic (exact) mass is 183 g/mol. The Bertz CT molecular complexity index is 407. The van der Waals surface area contributed by atoms with Crippen LogP contribution in [-0.2, 0) is 6.54 Å². The van der Waals surface area contributed by atoms with Crippen molar-refractivity contribution in [2.24, 2.45) is 0 Å². The summed E-state index contributed by atoms with van der Waals surface area (Å²) in [5.41, 5.74) is 2.37. The molecule has 0 bridgehead atoms. The van der Waals surface area contributed by atoms with Crippen LogP contribution in [0.3, 0.4) is 0 Å².